The number of pyridine rings is 1. The van der Waals surface area contributed by atoms with Gasteiger partial charge >= 0.3 is 0 Å². The summed E-state index contributed by atoms with van der Waals surface area (Å²) in [4.78, 5) is 10.1. The van der Waals surface area contributed by atoms with Crippen LogP contribution in [-0.2, 0) is 6.54 Å². The van der Waals surface area contributed by atoms with Crippen LogP contribution in [0.25, 0.3) is 10.6 Å². The van der Waals surface area contributed by atoms with Crippen LogP contribution in [0.2, 0.25) is 0 Å². The van der Waals surface area contributed by atoms with Gasteiger partial charge < -0.3 is 5.32 Å². The van der Waals surface area contributed by atoms with Crippen molar-refractivity contribution >= 4 is 11.3 Å². The van der Waals surface area contributed by atoms with E-state index in [9.17, 15) is 0 Å². The first-order valence-corrected chi connectivity index (χ1v) is 6.62. The maximum atomic E-state index is 4.63. The second-order valence-electron chi connectivity index (χ2n) is 4.00. The molecule has 4 heteroatoms. The van der Waals surface area contributed by atoms with Crippen molar-refractivity contribution in [3.63, 3.8) is 0 Å². The van der Waals surface area contributed by atoms with Gasteiger partial charge in [-0.15, -0.1) is 11.3 Å². The van der Waals surface area contributed by atoms with Gasteiger partial charge in [-0.2, -0.15) is 0 Å². The Balaban J connectivity index is 2.31. The number of hydrogen-bond acceptors (Lipinski definition) is 4. The molecule has 0 radical (unpaired) electrons. The molecule has 0 aromatic carbocycles. The molecule has 2 rings (SSSR count). The fourth-order valence-corrected chi connectivity index (χ4v) is 2.74. The van der Waals surface area contributed by atoms with E-state index in [4.69, 9.17) is 0 Å². The van der Waals surface area contributed by atoms with Gasteiger partial charge in [-0.25, -0.2) is 4.98 Å². The zero-order chi connectivity index (χ0) is 12.3. The molecule has 0 saturated carbocycles. The first-order valence-electron chi connectivity index (χ1n) is 5.80. The van der Waals surface area contributed by atoms with Crippen LogP contribution < -0.4 is 5.32 Å². The van der Waals surface area contributed by atoms with Crippen molar-refractivity contribution in [1.82, 2.24) is 15.3 Å². The van der Waals surface area contributed by atoms with Gasteiger partial charge in [0.1, 0.15) is 5.01 Å². The van der Waals surface area contributed by atoms with E-state index in [1.54, 1.807) is 11.3 Å². The Bertz CT molecular complexity index is 505. The smallest absolute Gasteiger partial charge is 0.125 e. The van der Waals surface area contributed by atoms with E-state index in [1.807, 2.05) is 18.5 Å². The van der Waals surface area contributed by atoms with Gasteiger partial charge in [-0.05, 0) is 32.0 Å². The summed E-state index contributed by atoms with van der Waals surface area (Å²) >= 11 is 1.75. The standard InChI is InChI=1S/C13H17N3S/c1-4-14-8-12-10(3)16-13(17-12)11-7-15-6-5-9(11)2/h5-7,14H,4,8H2,1-3H3. The Kier molecular flexibility index (Phi) is 3.86. The van der Waals surface area contributed by atoms with Crippen molar-refractivity contribution in [3.05, 3.63) is 34.6 Å². The van der Waals surface area contributed by atoms with Gasteiger partial charge in [0.2, 0.25) is 0 Å². The van der Waals surface area contributed by atoms with Crippen LogP contribution in [0.1, 0.15) is 23.1 Å². The van der Waals surface area contributed by atoms with E-state index in [-0.39, 0.29) is 0 Å². The normalized spacial score (nSPS) is 10.8. The lowest BCUT2D eigenvalue weighted by Gasteiger charge is -1.99. The van der Waals surface area contributed by atoms with Crippen molar-refractivity contribution in [3.8, 4) is 10.6 Å². The molecule has 0 aliphatic carbocycles. The minimum Gasteiger partial charge on any atom is -0.312 e. The Morgan fingerprint density at radius 3 is 2.88 bits per heavy atom. The lowest BCUT2D eigenvalue weighted by Crippen LogP contribution is -2.11. The Labute approximate surface area is 106 Å². The molecule has 0 amide bonds. The fraction of sp³-hybridized carbons (Fsp3) is 0.385. The molecule has 3 nitrogen and oxygen atoms in total. The lowest BCUT2D eigenvalue weighted by atomic mass is 10.2. The molecule has 2 heterocycles. The third kappa shape index (κ3) is 2.70. The third-order valence-corrected chi connectivity index (χ3v) is 3.89. The summed E-state index contributed by atoms with van der Waals surface area (Å²) in [6.45, 7) is 8.16. The van der Waals surface area contributed by atoms with Crippen LogP contribution >= 0.6 is 11.3 Å². The molecule has 0 bridgehead atoms. The second kappa shape index (κ2) is 5.38. The van der Waals surface area contributed by atoms with Crippen molar-refractivity contribution in [2.24, 2.45) is 0 Å². The number of rotatable bonds is 4. The van der Waals surface area contributed by atoms with Crippen molar-refractivity contribution in [2.75, 3.05) is 6.54 Å². The van der Waals surface area contributed by atoms with E-state index < -0.39 is 0 Å². The Morgan fingerprint density at radius 1 is 1.35 bits per heavy atom. The monoisotopic (exact) mass is 247 g/mol. The van der Waals surface area contributed by atoms with Gasteiger partial charge in [0, 0.05) is 29.4 Å². The van der Waals surface area contributed by atoms with Crippen LogP contribution in [0.5, 0.6) is 0 Å². The van der Waals surface area contributed by atoms with Crippen LogP contribution in [0, 0.1) is 13.8 Å². The molecule has 2 aromatic heterocycles. The van der Waals surface area contributed by atoms with E-state index in [2.05, 4.69) is 36.1 Å². The maximum Gasteiger partial charge on any atom is 0.125 e. The molecular weight excluding hydrogens is 230 g/mol. The number of nitrogens with one attached hydrogen (secondary N) is 1. The van der Waals surface area contributed by atoms with E-state index in [0.29, 0.717) is 0 Å². The van der Waals surface area contributed by atoms with Gasteiger partial charge in [0.25, 0.3) is 0 Å². The Hall–Kier alpha value is -1.26. The van der Waals surface area contributed by atoms with Gasteiger partial charge in [-0.3, -0.25) is 4.98 Å². The lowest BCUT2D eigenvalue weighted by molar-refractivity contribution is 0.731. The SMILES string of the molecule is CCNCc1sc(-c2cnccc2C)nc1C. The molecule has 0 spiro atoms. The zero-order valence-electron chi connectivity index (χ0n) is 10.4. The first-order chi connectivity index (χ1) is 8.22. The van der Waals surface area contributed by atoms with Crippen molar-refractivity contribution in [2.45, 2.75) is 27.3 Å². The molecule has 0 aliphatic rings. The molecule has 0 aliphatic heterocycles. The average molecular weight is 247 g/mol. The number of thiazole rings is 1. The maximum absolute atomic E-state index is 4.63. The fourth-order valence-electron chi connectivity index (χ4n) is 1.63. The summed E-state index contributed by atoms with van der Waals surface area (Å²) in [5.41, 5.74) is 3.49. The molecule has 0 saturated heterocycles. The van der Waals surface area contributed by atoms with Gasteiger partial charge in [-0.1, -0.05) is 6.92 Å². The molecule has 17 heavy (non-hydrogen) atoms. The molecule has 1 N–H and O–H groups in total. The third-order valence-electron chi connectivity index (χ3n) is 2.70. The highest BCUT2D eigenvalue weighted by Gasteiger charge is 2.10. The average Bonchev–Trinajstić information content (AvgIpc) is 2.68. The summed E-state index contributed by atoms with van der Waals surface area (Å²) in [6.07, 6.45) is 3.71. The summed E-state index contributed by atoms with van der Waals surface area (Å²) in [6, 6.07) is 2.02. The zero-order valence-corrected chi connectivity index (χ0v) is 11.3. The molecule has 0 fully saturated rings. The number of nitrogens with zero attached hydrogens (tertiary/aromatic N) is 2. The molecular formula is C13H17N3S. The molecule has 0 atom stereocenters. The summed E-state index contributed by atoms with van der Waals surface area (Å²) in [7, 11) is 0. The van der Waals surface area contributed by atoms with Crippen molar-refractivity contribution < 1.29 is 0 Å². The largest absolute Gasteiger partial charge is 0.312 e. The topological polar surface area (TPSA) is 37.8 Å². The van der Waals surface area contributed by atoms with Gasteiger partial charge in [0.15, 0.2) is 0 Å². The highest BCUT2D eigenvalue weighted by Crippen LogP contribution is 2.29. The van der Waals surface area contributed by atoms with Gasteiger partial charge in [0.05, 0.1) is 5.69 Å². The summed E-state index contributed by atoms with van der Waals surface area (Å²) in [5.74, 6) is 0. The molecule has 90 valence electrons. The quantitative estimate of drug-likeness (QED) is 0.902. The Morgan fingerprint density at radius 2 is 2.18 bits per heavy atom. The molecule has 2 aromatic rings. The number of aromatic nitrogens is 2. The van der Waals surface area contributed by atoms with E-state index >= 15 is 0 Å². The molecule has 0 unspecified atom stereocenters. The number of aryl methyl sites for hydroxylation is 2. The van der Waals surface area contributed by atoms with E-state index in [1.165, 1.54) is 10.4 Å². The van der Waals surface area contributed by atoms with Crippen LogP contribution in [0.15, 0.2) is 18.5 Å². The van der Waals surface area contributed by atoms with E-state index in [0.717, 1.165) is 29.4 Å². The summed E-state index contributed by atoms with van der Waals surface area (Å²) in [5, 5.41) is 4.41. The highest BCUT2D eigenvalue weighted by molar-refractivity contribution is 7.15. The first kappa shape index (κ1) is 12.2. The summed E-state index contributed by atoms with van der Waals surface area (Å²) < 4.78 is 0. The number of hydrogen-bond donors (Lipinski definition) is 1. The minimum atomic E-state index is 0.902. The van der Waals surface area contributed by atoms with Crippen molar-refractivity contribution in [1.29, 1.82) is 0 Å². The van der Waals surface area contributed by atoms with Crippen LogP contribution in [0.4, 0.5) is 0 Å². The van der Waals surface area contributed by atoms with Crippen LogP contribution in [0.3, 0.4) is 0 Å². The minimum absolute atomic E-state index is 0.902. The predicted molar refractivity (Wildman–Crippen MR) is 72.2 cm³/mol. The highest BCUT2D eigenvalue weighted by atomic mass is 32.1. The predicted octanol–water partition coefficient (Wildman–Crippen LogP) is 2.93. The second-order valence-corrected chi connectivity index (χ2v) is 5.08. The van der Waals surface area contributed by atoms with Crippen LogP contribution in [-0.4, -0.2) is 16.5 Å².